The number of nitrogens with zero attached hydrogens (tertiary/aromatic N) is 3. The molecule has 2 aromatic carbocycles. The van der Waals surface area contributed by atoms with E-state index in [4.69, 9.17) is 5.73 Å². The Hall–Kier alpha value is -2.76. The number of benzene rings is 2. The van der Waals surface area contributed by atoms with Gasteiger partial charge in [-0.05, 0) is 54.0 Å². The average Bonchev–Trinajstić information content (AvgIpc) is 3.36. The van der Waals surface area contributed by atoms with Crippen LogP contribution in [0.15, 0.2) is 67.0 Å². The van der Waals surface area contributed by atoms with Crippen molar-refractivity contribution in [2.75, 3.05) is 32.7 Å². The van der Waals surface area contributed by atoms with Gasteiger partial charge in [-0.25, -0.2) is 0 Å². The van der Waals surface area contributed by atoms with Gasteiger partial charge in [-0.1, -0.05) is 36.4 Å². The van der Waals surface area contributed by atoms with Crippen molar-refractivity contribution >= 4 is 16.7 Å². The van der Waals surface area contributed by atoms with Crippen molar-refractivity contribution in [2.24, 2.45) is 17.6 Å². The monoisotopic (exact) mass is 400 g/mol. The molecule has 2 aliphatic rings. The van der Waals surface area contributed by atoms with Crippen LogP contribution in [0.25, 0.3) is 10.8 Å². The van der Waals surface area contributed by atoms with E-state index in [1.165, 1.54) is 5.56 Å². The van der Waals surface area contributed by atoms with Gasteiger partial charge < -0.3 is 15.5 Å². The van der Waals surface area contributed by atoms with Gasteiger partial charge in [-0.3, -0.25) is 9.78 Å². The summed E-state index contributed by atoms with van der Waals surface area (Å²) < 4.78 is 0. The number of hydrogen-bond acceptors (Lipinski definition) is 4. The highest BCUT2D eigenvalue weighted by Gasteiger charge is 2.41. The third-order valence-corrected chi connectivity index (χ3v) is 6.72. The zero-order valence-corrected chi connectivity index (χ0v) is 17.2. The molecule has 2 unspecified atom stereocenters. The normalized spacial score (nSPS) is 22.4. The Kier molecular flexibility index (Phi) is 5.23. The minimum Gasteiger partial charge on any atom is -0.338 e. The number of carbonyl (C=O) groups is 1. The molecule has 1 aromatic heterocycles. The number of nitrogens with two attached hydrogens (primary N) is 1. The zero-order chi connectivity index (χ0) is 20.5. The van der Waals surface area contributed by atoms with Gasteiger partial charge in [0.05, 0.1) is 0 Å². The van der Waals surface area contributed by atoms with Crippen LogP contribution in [0, 0.1) is 11.8 Å². The van der Waals surface area contributed by atoms with Crippen molar-refractivity contribution in [1.82, 2.24) is 14.8 Å². The predicted molar refractivity (Wildman–Crippen MR) is 119 cm³/mol. The maximum absolute atomic E-state index is 13.1. The lowest BCUT2D eigenvalue weighted by Gasteiger charge is -2.23. The van der Waals surface area contributed by atoms with E-state index in [0.29, 0.717) is 11.8 Å². The molecule has 0 radical (unpaired) electrons. The van der Waals surface area contributed by atoms with Crippen molar-refractivity contribution in [1.29, 1.82) is 0 Å². The second-order valence-electron chi connectivity index (χ2n) is 8.73. The van der Waals surface area contributed by atoms with E-state index in [-0.39, 0.29) is 11.9 Å². The van der Waals surface area contributed by atoms with Crippen LogP contribution in [0.5, 0.6) is 0 Å². The lowest BCUT2D eigenvalue weighted by Crippen LogP contribution is -2.34. The van der Waals surface area contributed by atoms with E-state index in [1.807, 2.05) is 53.6 Å². The molecule has 3 aromatic rings. The molecule has 5 rings (SSSR count). The van der Waals surface area contributed by atoms with Crippen LogP contribution in [0.3, 0.4) is 0 Å². The molecule has 30 heavy (non-hydrogen) atoms. The number of amides is 1. The summed E-state index contributed by atoms with van der Waals surface area (Å²) in [6, 6.07) is 18.3. The number of aromatic nitrogens is 1. The molecular weight excluding hydrogens is 372 g/mol. The van der Waals surface area contributed by atoms with Gasteiger partial charge in [0.15, 0.2) is 0 Å². The van der Waals surface area contributed by atoms with Gasteiger partial charge in [0.25, 0.3) is 5.91 Å². The van der Waals surface area contributed by atoms with Crippen LogP contribution in [0.4, 0.5) is 0 Å². The van der Waals surface area contributed by atoms with E-state index >= 15 is 0 Å². The molecule has 0 aliphatic carbocycles. The quantitative estimate of drug-likeness (QED) is 0.714. The number of rotatable bonds is 5. The summed E-state index contributed by atoms with van der Waals surface area (Å²) >= 11 is 0. The number of fused-ring (bicyclic) bond motifs is 2. The van der Waals surface area contributed by atoms with Crippen molar-refractivity contribution in [3.05, 3.63) is 78.1 Å². The Morgan fingerprint density at radius 1 is 1.00 bits per heavy atom. The van der Waals surface area contributed by atoms with Crippen molar-refractivity contribution in [3.63, 3.8) is 0 Å². The molecule has 1 amide bonds. The summed E-state index contributed by atoms with van der Waals surface area (Å²) in [6.45, 7) is 4.87. The molecule has 154 valence electrons. The highest BCUT2D eigenvalue weighted by Crippen LogP contribution is 2.32. The Morgan fingerprint density at radius 2 is 1.77 bits per heavy atom. The molecule has 0 bridgehead atoms. The van der Waals surface area contributed by atoms with E-state index in [1.54, 1.807) is 6.20 Å². The first-order chi connectivity index (χ1) is 14.7. The Labute approximate surface area is 177 Å². The molecule has 5 heteroatoms. The smallest absolute Gasteiger partial charge is 0.253 e. The Morgan fingerprint density at radius 3 is 2.53 bits per heavy atom. The second-order valence-corrected chi connectivity index (χ2v) is 8.73. The average molecular weight is 401 g/mol. The Bertz CT molecular complexity index is 1020. The van der Waals surface area contributed by atoms with Crippen molar-refractivity contribution < 1.29 is 4.79 Å². The van der Waals surface area contributed by atoms with Gasteiger partial charge in [0.2, 0.25) is 0 Å². The first kappa shape index (κ1) is 19.2. The van der Waals surface area contributed by atoms with Gasteiger partial charge in [0, 0.05) is 55.6 Å². The number of pyridine rings is 1. The predicted octanol–water partition coefficient (Wildman–Crippen LogP) is 3.33. The molecule has 0 spiro atoms. The fourth-order valence-electron chi connectivity index (χ4n) is 5.03. The molecule has 5 nitrogen and oxygen atoms in total. The molecule has 2 saturated heterocycles. The summed E-state index contributed by atoms with van der Waals surface area (Å²) in [5.74, 6) is 1.29. The molecule has 3 atom stereocenters. The molecular formula is C25H28N4O. The van der Waals surface area contributed by atoms with Gasteiger partial charge in [-0.2, -0.15) is 0 Å². The minimum absolute atomic E-state index is 0.0899. The maximum atomic E-state index is 13.1. The standard InChI is InChI=1S/C25H28N4O/c26-24(19-4-2-1-3-5-19)9-11-28-14-22-16-29(17-23(22)15-28)25(30)20-7-6-18-8-10-27-13-21(18)12-20/h1-8,10,12-13,22-24H,9,11,14-17,26H2/t22?,23?,24-/m0/s1. The maximum Gasteiger partial charge on any atom is 0.253 e. The topological polar surface area (TPSA) is 62.5 Å². The summed E-state index contributed by atoms with van der Waals surface area (Å²) in [7, 11) is 0. The van der Waals surface area contributed by atoms with Gasteiger partial charge in [0.1, 0.15) is 0 Å². The van der Waals surface area contributed by atoms with Crippen LogP contribution in [-0.4, -0.2) is 53.4 Å². The van der Waals surface area contributed by atoms with Crippen molar-refractivity contribution in [3.8, 4) is 0 Å². The third-order valence-electron chi connectivity index (χ3n) is 6.72. The molecule has 2 N–H and O–H groups in total. The van der Waals surface area contributed by atoms with Crippen LogP contribution in [0.1, 0.15) is 28.4 Å². The first-order valence-corrected chi connectivity index (χ1v) is 10.8. The molecule has 2 fully saturated rings. The third kappa shape index (κ3) is 3.83. The Balaban J connectivity index is 1.16. The minimum atomic E-state index is 0.0899. The largest absolute Gasteiger partial charge is 0.338 e. The van der Waals surface area contributed by atoms with Crippen molar-refractivity contribution in [2.45, 2.75) is 12.5 Å². The fourth-order valence-corrected chi connectivity index (χ4v) is 5.03. The van der Waals surface area contributed by atoms with Gasteiger partial charge in [-0.15, -0.1) is 0 Å². The van der Waals surface area contributed by atoms with E-state index in [0.717, 1.165) is 55.5 Å². The molecule has 2 aliphatic heterocycles. The van der Waals surface area contributed by atoms with Gasteiger partial charge >= 0.3 is 0 Å². The first-order valence-electron chi connectivity index (χ1n) is 10.8. The van der Waals surface area contributed by atoms with E-state index in [2.05, 4.69) is 22.0 Å². The number of carbonyl (C=O) groups excluding carboxylic acids is 1. The summed E-state index contributed by atoms with van der Waals surface area (Å²) in [6.07, 6.45) is 4.57. The highest BCUT2D eigenvalue weighted by molar-refractivity contribution is 5.98. The lowest BCUT2D eigenvalue weighted by molar-refractivity contribution is 0.0774. The number of likely N-dealkylation sites (tertiary alicyclic amines) is 2. The number of hydrogen-bond donors (Lipinski definition) is 1. The SMILES string of the molecule is N[C@@H](CCN1CC2CN(C(=O)c3ccc4ccncc4c3)CC2C1)c1ccccc1. The van der Waals surface area contributed by atoms with Crippen LogP contribution < -0.4 is 5.73 Å². The van der Waals surface area contributed by atoms with E-state index in [9.17, 15) is 4.79 Å². The fraction of sp³-hybridized carbons (Fsp3) is 0.360. The van der Waals surface area contributed by atoms with Crippen LogP contribution in [-0.2, 0) is 0 Å². The summed E-state index contributed by atoms with van der Waals surface area (Å²) in [5, 5.41) is 2.13. The van der Waals surface area contributed by atoms with Crippen LogP contribution in [0.2, 0.25) is 0 Å². The van der Waals surface area contributed by atoms with Crippen LogP contribution >= 0.6 is 0 Å². The zero-order valence-electron chi connectivity index (χ0n) is 17.2. The highest BCUT2D eigenvalue weighted by atomic mass is 16.2. The summed E-state index contributed by atoms with van der Waals surface area (Å²) in [5.41, 5.74) is 8.34. The molecule has 3 heterocycles. The lowest BCUT2D eigenvalue weighted by atomic mass is 10.0. The summed E-state index contributed by atoms with van der Waals surface area (Å²) in [4.78, 5) is 21.8. The molecule has 0 saturated carbocycles. The van der Waals surface area contributed by atoms with E-state index < -0.39 is 0 Å². The second kappa shape index (κ2) is 8.17.